The van der Waals surface area contributed by atoms with Crippen LogP contribution in [-0.2, 0) is 25.7 Å². The summed E-state index contributed by atoms with van der Waals surface area (Å²) in [5.74, 6) is 1.02. The number of phenols is 4. The summed E-state index contributed by atoms with van der Waals surface area (Å²) in [6.45, 7) is 9.91. The molecule has 0 radical (unpaired) electrons. The van der Waals surface area contributed by atoms with Gasteiger partial charge in [0.15, 0.2) is 0 Å². The van der Waals surface area contributed by atoms with Crippen molar-refractivity contribution in [2.75, 3.05) is 52.4 Å². The number of nitrogens with zero attached hydrogens (tertiary/aromatic N) is 1. The topological polar surface area (TPSA) is 191 Å². The zero-order valence-corrected chi connectivity index (χ0v) is 34.9. The fraction of sp³-hybridized carbons (Fsp3) is 0.489. The van der Waals surface area contributed by atoms with Crippen LogP contribution >= 0.6 is 0 Å². The number of nitrogens with one attached hydrogen (secondary N) is 5. The maximum Gasteiger partial charge on any atom is 0.115 e. The minimum Gasteiger partial charge on any atom is -0.508 e. The third-order valence-electron chi connectivity index (χ3n) is 11.5. The highest BCUT2D eigenvalue weighted by molar-refractivity contribution is 5.29. The second kappa shape index (κ2) is 24.1. The molecule has 0 bridgehead atoms. The van der Waals surface area contributed by atoms with Crippen LogP contribution in [-0.4, -0.2) is 125 Å². The summed E-state index contributed by atoms with van der Waals surface area (Å²) >= 11 is 0. The van der Waals surface area contributed by atoms with E-state index in [0.717, 1.165) is 100 Å². The van der Waals surface area contributed by atoms with Crippen molar-refractivity contribution in [2.45, 2.75) is 94.7 Å². The van der Waals surface area contributed by atoms with E-state index in [1.807, 2.05) is 55.5 Å². The van der Waals surface area contributed by atoms with E-state index in [1.165, 1.54) is 0 Å². The molecule has 1 aliphatic rings. The van der Waals surface area contributed by atoms with Gasteiger partial charge in [-0.3, -0.25) is 4.90 Å². The Kier molecular flexibility index (Phi) is 18.7. The van der Waals surface area contributed by atoms with E-state index in [2.05, 4.69) is 38.4 Å². The maximum atomic E-state index is 10.8. The summed E-state index contributed by atoms with van der Waals surface area (Å²) < 4.78 is 0. The number of likely N-dealkylation sites (tertiary alicyclic amines) is 1. The van der Waals surface area contributed by atoms with Crippen LogP contribution in [0, 0.1) is 0 Å². The van der Waals surface area contributed by atoms with Gasteiger partial charge < -0.3 is 57.9 Å². The number of aliphatic hydroxyl groups excluding tert-OH is 1. The summed E-state index contributed by atoms with van der Waals surface area (Å²) in [7, 11) is 0. The lowest BCUT2D eigenvalue weighted by molar-refractivity contribution is 0.133. The van der Waals surface area contributed by atoms with Gasteiger partial charge in [0.2, 0.25) is 0 Å². The van der Waals surface area contributed by atoms with Crippen LogP contribution in [0.4, 0.5) is 0 Å². The number of hydrogen-bond donors (Lipinski definition) is 11. The van der Waals surface area contributed by atoms with E-state index in [4.69, 9.17) is 5.73 Å². The van der Waals surface area contributed by atoms with E-state index in [0.29, 0.717) is 19.1 Å². The molecule has 1 saturated heterocycles. The zero-order chi connectivity index (χ0) is 42.0. The van der Waals surface area contributed by atoms with Gasteiger partial charge in [-0.15, -0.1) is 0 Å². The van der Waals surface area contributed by atoms with Crippen molar-refractivity contribution in [1.29, 1.82) is 0 Å². The van der Waals surface area contributed by atoms with E-state index in [9.17, 15) is 25.5 Å². The molecule has 1 fully saturated rings. The SMILES string of the molecule is CCN[C@H](CN[C@H](CN[C@@H](Cc1ccc(O)cc1)CN1CCC[C@H]1CN[C@@H](CN[C@H](CN)Cc1ccc(O)cc1)[C@@H](C)O)Cc1ccc(O)cc1)Cc1ccc(O)cc1. The highest BCUT2D eigenvalue weighted by Crippen LogP contribution is 2.20. The minimum atomic E-state index is -0.556. The molecule has 0 saturated carbocycles. The number of likely N-dealkylation sites (N-methyl/N-ethyl adjacent to an activating group) is 1. The molecule has 0 spiro atoms. The number of nitrogens with two attached hydrogens (primary N) is 1. The molecule has 12 N–H and O–H groups in total. The fourth-order valence-electron chi connectivity index (χ4n) is 8.09. The normalized spacial score (nSPS) is 17.7. The lowest BCUT2D eigenvalue weighted by Gasteiger charge is -2.33. The number of rotatable bonds is 26. The number of aromatic hydroxyl groups is 4. The Bertz CT molecular complexity index is 1750. The molecule has 0 amide bonds. The summed E-state index contributed by atoms with van der Waals surface area (Å²) in [5.41, 5.74) is 10.7. The number of benzene rings is 4. The van der Waals surface area contributed by atoms with Crippen LogP contribution < -0.4 is 32.3 Å². The molecule has 59 heavy (non-hydrogen) atoms. The van der Waals surface area contributed by atoms with Crippen molar-refractivity contribution in [3.8, 4) is 23.0 Å². The Labute approximate surface area is 351 Å². The van der Waals surface area contributed by atoms with Crippen molar-refractivity contribution in [3.63, 3.8) is 0 Å². The first kappa shape index (κ1) is 45.8. The maximum absolute atomic E-state index is 10.8. The monoisotopic (exact) mass is 812 g/mol. The smallest absolute Gasteiger partial charge is 0.115 e. The summed E-state index contributed by atoms with van der Waals surface area (Å²) in [4.78, 5) is 2.58. The Morgan fingerprint density at radius 1 is 0.576 bits per heavy atom. The Morgan fingerprint density at radius 3 is 1.42 bits per heavy atom. The highest BCUT2D eigenvalue weighted by atomic mass is 16.3. The van der Waals surface area contributed by atoms with Crippen molar-refractivity contribution in [2.24, 2.45) is 5.73 Å². The van der Waals surface area contributed by atoms with Crippen molar-refractivity contribution < 1.29 is 25.5 Å². The molecule has 0 aliphatic carbocycles. The number of phenolic OH excluding ortho intramolecular Hbond substituents is 4. The standard InChI is InChI=1S/C47H69N7O5/c1-3-49-39(24-35-8-16-44(57)17-9-35)28-50-40(25-36-10-18-45(58)19-11-36)29-51-41(26-37-12-20-46(59)21-13-37)32-54-22-4-5-42(54)30-53-47(33(2)55)31-52-38(27-48)23-34-6-14-43(56)15-7-34/h6-21,33,38-42,47,49-53,55-59H,3-5,22-32,48H2,1-2H3/t33-,38+,39+,40+,41+,42+,47+/m1/s1. The second-order valence-electron chi connectivity index (χ2n) is 16.3. The Hall–Kier alpha value is -4.24. The predicted molar refractivity (Wildman–Crippen MR) is 237 cm³/mol. The quantitative estimate of drug-likeness (QED) is 0.0444. The van der Waals surface area contributed by atoms with Crippen LogP contribution in [0.2, 0.25) is 0 Å². The van der Waals surface area contributed by atoms with Crippen molar-refractivity contribution in [3.05, 3.63) is 119 Å². The van der Waals surface area contributed by atoms with Gasteiger partial charge in [-0.05, 0) is 129 Å². The van der Waals surface area contributed by atoms with Crippen LogP contribution in [0.15, 0.2) is 97.1 Å². The molecule has 0 unspecified atom stereocenters. The Morgan fingerprint density at radius 2 is 0.983 bits per heavy atom. The molecule has 4 aromatic rings. The van der Waals surface area contributed by atoms with Gasteiger partial charge in [0.1, 0.15) is 23.0 Å². The summed E-state index contributed by atoms with van der Waals surface area (Å²) in [5, 5.41) is 69.0. The fourth-order valence-corrected chi connectivity index (χ4v) is 8.09. The number of aliphatic hydroxyl groups is 1. The molecule has 0 aromatic heterocycles. The Balaban J connectivity index is 1.23. The minimum absolute atomic E-state index is 0.0396. The average Bonchev–Trinajstić information content (AvgIpc) is 3.67. The largest absolute Gasteiger partial charge is 0.508 e. The first-order valence-corrected chi connectivity index (χ1v) is 21.5. The van der Waals surface area contributed by atoms with Gasteiger partial charge >= 0.3 is 0 Å². The molecule has 1 aliphatic heterocycles. The van der Waals surface area contributed by atoms with Crippen molar-refractivity contribution >= 4 is 0 Å². The van der Waals surface area contributed by atoms with Gasteiger partial charge in [-0.25, -0.2) is 0 Å². The van der Waals surface area contributed by atoms with Gasteiger partial charge in [-0.1, -0.05) is 55.5 Å². The highest BCUT2D eigenvalue weighted by Gasteiger charge is 2.29. The molecule has 7 atom stereocenters. The number of hydrogen-bond acceptors (Lipinski definition) is 12. The molecular formula is C47H69N7O5. The lowest BCUT2D eigenvalue weighted by atomic mass is 10.0. The molecule has 12 nitrogen and oxygen atoms in total. The average molecular weight is 812 g/mol. The molecular weight excluding hydrogens is 743 g/mol. The van der Waals surface area contributed by atoms with E-state index in [1.54, 1.807) is 48.5 Å². The zero-order valence-electron chi connectivity index (χ0n) is 34.9. The summed E-state index contributed by atoms with van der Waals surface area (Å²) in [6, 6.07) is 30.2. The van der Waals surface area contributed by atoms with Crippen LogP contribution in [0.3, 0.4) is 0 Å². The lowest BCUT2D eigenvalue weighted by Crippen LogP contribution is -2.54. The van der Waals surface area contributed by atoms with Gasteiger partial charge in [-0.2, -0.15) is 0 Å². The molecule has 1 heterocycles. The van der Waals surface area contributed by atoms with E-state index in [-0.39, 0.29) is 53.2 Å². The molecule has 322 valence electrons. The van der Waals surface area contributed by atoms with Crippen LogP contribution in [0.25, 0.3) is 0 Å². The third kappa shape index (κ3) is 16.0. The van der Waals surface area contributed by atoms with Crippen LogP contribution in [0.1, 0.15) is 48.9 Å². The predicted octanol–water partition coefficient (Wildman–Crippen LogP) is 3.39. The van der Waals surface area contributed by atoms with Crippen LogP contribution in [0.5, 0.6) is 23.0 Å². The molecule has 12 heteroatoms. The molecule has 4 aromatic carbocycles. The first-order valence-electron chi connectivity index (χ1n) is 21.5. The third-order valence-corrected chi connectivity index (χ3v) is 11.5. The summed E-state index contributed by atoms with van der Waals surface area (Å²) in [6.07, 6.45) is 4.76. The van der Waals surface area contributed by atoms with Gasteiger partial charge in [0, 0.05) is 75.5 Å². The molecule has 5 rings (SSSR count). The van der Waals surface area contributed by atoms with Crippen molar-refractivity contribution in [1.82, 2.24) is 31.5 Å². The van der Waals surface area contributed by atoms with Gasteiger partial charge in [0.05, 0.1) is 6.10 Å². The van der Waals surface area contributed by atoms with Gasteiger partial charge in [0.25, 0.3) is 0 Å². The second-order valence-corrected chi connectivity index (χ2v) is 16.3. The van der Waals surface area contributed by atoms with E-state index >= 15 is 0 Å². The van der Waals surface area contributed by atoms with E-state index < -0.39 is 6.10 Å². The first-order chi connectivity index (χ1) is 28.6.